The number of rotatable bonds is 8. The van der Waals surface area contributed by atoms with E-state index in [1.54, 1.807) is 0 Å². The molecule has 3 aromatic carbocycles. The van der Waals surface area contributed by atoms with E-state index in [0.29, 0.717) is 0 Å². The lowest BCUT2D eigenvalue weighted by Gasteiger charge is -2.26. The van der Waals surface area contributed by atoms with Gasteiger partial charge in [0.1, 0.15) is 12.4 Å². The van der Waals surface area contributed by atoms with Crippen LogP contribution >= 0.6 is 0 Å². The maximum Gasteiger partial charge on any atom is 0.119 e. The maximum atomic E-state index is 6.01. The zero-order chi connectivity index (χ0) is 19.7. The fraction of sp³-hybridized carbons (Fsp3) is 0.308. The molecule has 150 valence electrons. The van der Waals surface area contributed by atoms with Crippen LogP contribution in [0, 0.1) is 0 Å². The predicted molar refractivity (Wildman–Crippen MR) is 121 cm³/mol. The summed E-state index contributed by atoms with van der Waals surface area (Å²) in [4.78, 5) is 4.85. The Balaban J connectivity index is 1.42. The first-order valence-corrected chi connectivity index (χ1v) is 10.7. The molecular weight excluding hydrogens is 356 g/mol. The van der Waals surface area contributed by atoms with Crippen LogP contribution in [0.1, 0.15) is 24.8 Å². The van der Waals surface area contributed by atoms with Gasteiger partial charge in [-0.25, -0.2) is 0 Å². The molecule has 3 heteroatoms. The van der Waals surface area contributed by atoms with E-state index >= 15 is 0 Å². The summed E-state index contributed by atoms with van der Waals surface area (Å²) in [6.07, 6.45) is 4.02. The van der Waals surface area contributed by atoms with Gasteiger partial charge in [0.05, 0.1) is 0 Å². The van der Waals surface area contributed by atoms with Crippen molar-refractivity contribution in [3.63, 3.8) is 0 Å². The molecule has 0 aliphatic carbocycles. The molecule has 4 rings (SSSR count). The molecule has 1 fully saturated rings. The van der Waals surface area contributed by atoms with E-state index in [1.807, 2.05) is 0 Å². The smallest absolute Gasteiger partial charge is 0.119 e. The van der Waals surface area contributed by atoms with E-state index in [4.69, 9.17) is 4.74 Å². The Kier molecular flexibility index (Phi) is 6.82. The van der Waals surface area contributed by atoms with Gasteiger partial charge in [-0.05, 0) is 67.9 Å². The van der Waals surface area contributed by atoms with E-state index in [9.17, 15) is 0 Å². The van der Waals surface area contributed by atoms with Gasteiger partial charge in [-0.1, -0.05) is 55.0 Å². The van der Waals surface area contributed by atoms with Crippen LogP contribution in [0.2, 0.25) is 0 Å². The third-order valence-electron chi connectivity index (χ3n) is 5.52. The standard InChI is InChI=1S/C26H30N2O/c1-4-10-23(11-5-1)22-28(24-12-6-2-7-13-24)25-14-16-26(17-15-25)29-21-20-27-18-8-3-9-19-27/h1-2,4-7,10-17H,3,8-9,18-22H2. The number of nitrogens with zero attached hydrogens (tertiary/aromatic N) is 2. The summed E-state index contributed by atoms with van der Waals surface area (Å²) >= 11 is 0. The van der Waals surface area contributed by atoms with Gasteiger partial charge in [-0.3, -0.25) is 4.90 Å². The van der Waals surface area contributed by atoms with Gasteiger partial charge in [0.25, 0.3) is 0 Å². The van der Waals surface area contributed by atoms with Crippen LogP contribution in [0.25, 0.3) is 0 Å². The largest absolute Gasteiger partial charge is 0.492 e. The Morgan fingerprint density at radius 1 is 0.690 bits per heavy atom. The number of ether oxygens (including phenoxy) is 1. The molecule has 0 unspecified atom stereocenters. The fourth-order valence-corrected chi connectivity index (χ4v) is 3.90. The summed E-state index contributed by atoms with van der Waals surface area (Å²) < 4.78 is 6.01. The maximum absolute atomic E-state index is 6.01. The number of likely N-dealkylation sites (tertiary alicyclic amines) is 1. The first kappa shape index (κ1) is 19.5. The molecule has 0 N–H and O–H groups in total. The Hall–Kier alpha value is -2.78. The summed E-state index contributed by atoms with van der Waals surface area (Å²) in [5.41, 5.74) is 3.65. The summed E-state index contributed by atoms with van der Waals surface area (Å²) in [5, 5.41) is 0. The highest BCUT2D eigenvalue weighted by atomic mass is 16.5. The van der Waals surface area contributed by atoms with Gasteiger partial charge in [0.2, 0.25) is 0 Å². The monoisotopic (exact) mass is 386 g/mol. The number of anilines is 2. The molecule has 3 aromatic rings. The average Bonchev–Trinajstić information content (AvgIpc) is 2.80. The lowest BCUT2D eigenvalue weighted by atomic mass is 10.1. The van der Waals surface area contributed by atoms with Crippen molar-refractivity contribution in [2.24, 2.45) is 0 Å². The van der Waals surface area contributed by atoms with Gasteiger partial charge < -0.3 is 9.64 Å². The second kappa shape index (κ2) is 10.1. The van der Waals surface area contributed by atoms with Crippen molar-refractivity contribution in [2.45, 2.75) is 25.8 Å². The molecule has 0 atom stereocenters. The van der Waals surface area contributed by atoms with Crippen LogP contribution in [-0.2, 0) is 6.54 Å². The molecule has 29 heavy (non-hydrogen) atoms. The number of para-hydroxylation sites is 1. The van der Waals surface area contributed by atoms with Crippen LogP contribution in [0.15, 0.2) is 84.9 Å². The fourth-order valence-electron chi connectivity index (χ4n) is 3.90. The Bertz CT molecular complexity index is 843. The molecule has 0 bridgehead atoms. The van der Waals surface area contributed by atoms with E-state index in [0.717, 1.165) is 25.4 Å². The minimum atomic E-state index is 0.756. The molecule has 0 saturated carbocycles. The average molecular weight is 387 g/mol. The molecule has 1 aliphatic heterocycles. The van der Waals surface area contributed by atoms with Crippen molar-refractivity contribution in [1.82, 2.24) is 4.90 Å². The molecule has 3 nitrogen and oxygen atoms in total. The second-order valence-electron chi connectivity index (χ2n) is 7.65. The summed E-state index contributed by atoms with van der Waals surface area (Å²) in [5.74, 6) is 0.943. The highest BCUT2D eigenvalue weighted by Crippen LogP contribution is 2.29. The van der Waals surface area contributed by atoms with Gasteiger partial charge in [-0.2, -0.15) is 0 Å². The summed E-state index contributed by atoms with van der Waals surface area (Å²) in [6, 6.07) is 29.7. The molecule has 0 amide bonds. The van der Waals surface area contributed by atoms with Crippen LogP contribution in [0.3, 0.4) is 0 Å². The number of hydrogen-bond acceptors (Lipinski definition) is 3. The van der Waals surface area contributed by atoms with E-state index in [1.165, 1.54) is 49.3 Å². The van der Waals surface area contributed by atoms with E-state index in [-0.39, 0.29) is 0 Å². The SMILES string of the molecule is c1ccc(CN(c2ccccc2)c2ccc(OCCN3CCCCC3)cc2)cc1. The van der Waals surface area contributed by atoms with Crippen LogP contribution < -0.4 is 9.64 Å². The minimum absolute atomic E-state index is 0.756. The molecule has 1 saturated heterocycles. The van der Waals surface area contributed by atoms with Crippen molar-refractivity contribution in [3.8, 4) is 5.75 Å². The molecule has 1 heterocycles. The number of benzene rings is 3. The summed E-state index contributed by atoms with van der Waals surface area (Å²) in [7, 11) is 0. The molecule has 0 radical (unpaired) electrons. The first-order chi connectivity index (χ1) is 14.4. The second-order valence-corrected chi connectivity index (χ2v) is 7.65. The van der Waals surface area contributed by atoms with Crippen molar-refractivity contribution in [3.05, 3.63) is 90.5 Å². The molecule has 1 aliphatic rings. The Morgan fingerprint density at radius 2 is 1.31 bits per heavy atom. The number of piperidine rings is 1. The third-order valence-corrected chi connectivity index (χ3v) is 5.52. The highest BCUT2D eigenvalue weighted by molar-refractivity contribution is 5.64. The van der Waals surface area contributed by atoms with E-state index in [2.05, 4.69) is 94.7 Å². The van der Waals surface area contributed by atoms with Crippen molar-refractivity contribution < 1.29 is 4.74 Å². The van der Waals surface area contributed by atoms with Crippen molar-refractivity contribution >= 4 is 11.4 Å². The Morgan fingerprint density at radius 3 is 2.00 bits per heavy atom. The van der Waals surface area contributed by atoms with Gasteiger partial charge in [0.15, 0.2) is 0 Å². The van der Waals surface area contributed by atoms with Gasteiger partial charge in [0, 0.05) is 24.5 Å². The first-order valence-electron chi connectivity index (χ1n) is 10.7. The van der Waals surface area contributed by atoms with Crippen LogP contribution in [0.4, 0.5) is 11.4 Å². The number of hydrogen-bond donors (Lipinski definition) is 0. The van der Waals surface area contributed by atoms with Gasteiger partial charge >= 0.3 is 0 Å². The minimum Gasteiger partial charge on any atom is -0.492 e. The van der Waals surface area contributed by atoms with Crippen LogP contribution in [-0.4, -0.2) is 31.1 Å². The normalized spacial score (nSPS) is 14.5. The van der Waals surface area contributed by atoms with Crippen molar-refractivity contribution in [1.29, 1.82) is 0 Å². The van der Waals surface area contributed by atoms with Gasteiger partial charge in [-0.15, -0.1) is 0 Å². The molecule has 0 aromatic heterocycles. The lowest BCUT2D eigenvalue weighted by molar-refractivity contribution is 0.183. The predicted octanol–water partition coefficient (Wildman–Crippen LogP) is 5.89. The van der Waals surface area contributed by atoms with Crippen molar-refractivity contribution in [2.75, 3.05) is 31.1 Å². The molecule has 0 spiro atoms. The quantitative estimate of drug-likeness (QED) is 0.480. The zero-order valence-electron chi connectivity index (χ0n) is 17.0. The summed E-state index contributed by atoms with van der Waals surface area (Å²) in [6.45, 7) is 5.04. The Labute approximate surface area is 174 Å². The van der Waals surface area contributed by atoms with E-state index < -0.39 is 0 Å². The molecular formula is C26H30N2O. The zero-order valence-corrected chi connectivity index (χ0v) is 17.0. The third kappa shape index (κ3) is 5.61. The lowest BCUT2D eigenvalue weighted by Crippen LogP contribution is -2.33. The highest BCUT2D eigenvalue weighted by Gasteiger charge is 2.11. The van der Waals surface area contributed by atoms with Crippen LogP contribution in [0.5, 0.6) is 5.75 Å². The topological polar surface area (TPSA) is 15.7 Å².